The van der Waals surface area contributed by atoms with Crippen LogP contribution in [0.25, 0.3) is 0 Å². The fraction of sp³-hybridized carbons (Fsp3) is 0.125. The molecule has 42 heavy (non-hydrogen) atoms. The Balaban J connectivity index is 1.16. The molecule has 4 aromatic rings. The Morgan fingerprint density at radius 3 is 1.17 bits per heavy atom. The average molecular weight is 547 g/mol. The highest BCUT2D eigenvalue weighted by Crippen LogP contribution is 2.28. The molecule has 0 N–H and O–H groups in total. The van der Waals surface area contributed by atoms with Gasteiger partial charge in [-0.3, -0.25) is 0 Å². The molecule has 0 bridgehead atoms. The molecule has 5 rings (SSSR count). The molecule has 10 heteroatoms. The van der Waals surface area contributed by atoms with Gasteiger partial charge in [-0.25, -0.2) is 0 Å². The molecule has 0 saturated carbocycles. The summed E-state index contributed by atoms with van der Waals surface area (Å²) >= 11 is 0. The number of nitriles is 4. The lowest BCUT2D eigenvalue weighted by molar-refractivity contribution is 0.653. The van der Waals surface area contributed by atoms with Crippen molar-refractivity contribution in [3.05, 3.63) is 107 Å². The van der Waals surface area contributed by atoms with Gasteiger partial charge in [0.1, 0.15) is 23.5 Å². The van der Waals surface area contributed by atoms with Gasteiger partial charge in [-0.15, -0.1) is 10.2 Å². The zero-order chi connectivity index (χ0) is 29.3. The van der Waals surface area contributed by atoms with E-state index in [0.717, 1.165) is 37.6 Å². The lowest BCUT2D eigenvalue weighted by Gasteiger charge is -2.37. The van der Waals surface area contributed by atoms with Crippen molar-refractivity contribution in [3.63, 3.8) is 0 Å². The number of benzene rings is 4. The first kappa shape index (κ1) is 27.2. The van der Waals surface area contributed by atoms with Crippen molar-refractivity contribution in [3.8, 4) is 24.3 Å². The number of piperazine rings is 1. The van der Waals surface area contributed by atoms with Crippen LogP contribution < -0.4 is 9.80 Å². The van der Waals surface area contributed by atoms with Crippen molar-refractivity contribution in [1.29, 1.82) is 21.0 Å². The molecule has 0 radical (unpaired) electrons. The summed E-state index contributed by atoms with van der Waals surface area (Å²) in [6.45, 7) is 3.42. The maximum absolute atomic E-state index is 9.32. The fourth-order valence-electron chi connectivity index (χ4n) is 4.47. The van der Waals surface area contributed by atoms with E-state index < -0.39 is 0 Å². The topological polar surface area (TPSA) is 151 Å². The average Bonchev–Trinajstić information content (AvgIpc) is 3.06. The Morgan fingerprint density at radius 1 is 0.452 bits per heavy atom. The number of nitrogens with zero attached hydrogens (tertiary/aromatic N) is 10. The number of anilines is 2. The Labute approximate surface area is 242 Å². The van der Waals surface area contributed by atoms with E-state index >= 15 is 0 Å². The minimum Gasteiger partial charge on any atom is -0.368 e. The van der Waals surface area contributed by atoms with Crippen LogP contribution in [-0.4, -0.2) is 26.2 Å². The normalized spacial score (nSPS) is 13.0. The molecule has 0 aromatic heterocycles. The fourth-order valence-corrected chi connectivity index (χ4v) is 4.47. The molecule has 4 aromatic carbocycles. The predicted molar refractivity (Wildman–Crippen MR) is 157 cm³/mol. The van der Waals surface area contributed by atoms with E-state index in [2.05, 4.69) is 42.4 Å². The lowest BCUT2D eigenvalue weighted by Crippen LogP contribution is -2.46. The first-order valence-corrected chi connectivity index (χ1v) is 13.0. The summed E-state index contributed by atoms with van der Waals surface area (Å²) in [6.07, 6.45) is 0. The molecule has 1 saturated heterocycles. The van der Waals surface area contributed by atoms with Crippen molar-refractivity contribution in [1.82, 2.24) is 0 Å². The maximum atomic E-state index is 9.32. The molecule has 1 fully saturated rings. The van der Waals surface area contributed by atoms with Crippen LogP contribution in [0, 0.1) is 45.3 Å². The highest BCUT2D eigenvalue weighted by Gasteiger charge is 2.17. The van der Waals surface area contributed by atoms with E-state index in [9.17, 15) is 10.5 Å². The zero-order valence-corrected chi connectivity index (χ0v) is 22.4. The predicted octanol–water partition coefficient (Wildman–Crippen LogP) is 7.33. The minimum absolute atomic E-state index is 0.309. The van der Waals surface area contributed by atoms with Crippen LogP contribution >= 0.6 is 0 Å². The quantitative estimate of drug-likeness (QED) is 0.231. The molecule has 200 valence electrons. The molecule has 0 atom stereocenters. The second-order valence-electron chi connectivity index (χ2n) is 9.32. The molecule has 1 aliphatic rings. The van der Waals surface area contributed by atoms with Crippen molar-refractivity contribution < 1.29 is 0 Å². The standard InChI is InChI=1S/C32H22N10/c33-19-23-1-11-31(25(17-23)21-35)39-37-27-3-7-29(8-4-27)41-13-15-42(16-14-41)30-9-5-28(6-10-30)38-40-32-12-2-24(20-34)18-26(32)22-36/h1-12,17-18H,13-16H2/b39-37+,40-38+. The summed E-state index contributed by atoms with van der Waals surface area (Å²) in [7, 11) is 0. The Morgan fingerprint density at radius 2 is 0.833 bits per heavy atom. The molecule has 1 heterocycles. The van der Waals surface area contributed by atoms with E-state index in [1.807, 2.05) is 60.7 Å². The van der Waals surface area contributed by atoms with Gasteiger partial charge in [0.15, 0.2) is 0 Å². The lowest BCUT2D eigenvalue weighted by atomic mass is 10.1. The van der Waals surface area contributed by atoms with Crippen LogP contribution in [0.15, 0.2) is 105 Å². The first-order valence-electron chi connectivity index (χ1n) is 13.0. The van der Waals surface area contributed by atoms with Gasteiger partial charge >= 0.3 is 0 Å². The summed E-state index contributed by atoms with van der Waals surface area (Å²) in [4.78, 5) is 4.64. The van der Waals surface area contributed by atoms with Gasteiger partial charge in [-0.1, -0.05) is 0 Å². The van der Waals surface area contributed by atoms with Crippen LogP contribution in [0.5, 0.6) is 0 Å². The van der Waals surface area contributed by atoms with Gasteiger partial charge in [0.2, 0.25) is 0 Å². The van der Waals surface area contributed by atoms with Crippen molar-refractivity contribution in [2.75, 3.05) is 36.0 Å². The number of rotatable bonds is 6. The van der Waals surface area contributed by atoms with Gasteiger partial charge in [-0.05, 0) is 84.9 Å². The Kier molecular flexibility index (Phi) is 8.21. The van der Waals surface area contributed by atoms with Gasteiger partial charge in [0.05, 0.1) is 45.8 Å². The largest absolute Gasteiger partial charge is 0.368 e. The van der Waals surface area contributed by atoms with Gasteiger partial charge < -0.3 is 9.80 Å². The molecular formula is C32H22N10. The van der Waals surface area contributed by atoms with E-state index in [4.69, 9.17) is 10.5 Å². The molecule has 0 amide bonds. The zero-order valence-electron chi connectivity index (χ0n) is 22.4. The molecule has 0 aliphatic carbocycles. The monoisotopic (exact) mass is 546 g/mol. The number of hydrogen-bond donors (Lipinski definition) is 0. The van der Waals surface area contributed by atoms with Gasteiger partial charge in [0, 0.05) is 37.6 Å². The summed E-state index contributed by atoms with van der Waals surface area (Å²) < 4.78 is 0. The third kappa shape index (κ3) is 6.26. The SMILES string of the molecule is N#Cc1ccc(/N=N/c2ccc(N3CCN(c4ccc(/N=N/c5ccc(C#N)cc5C#N)cc4)CC3)cc2)c(C#N)c1. The Hall–Kier alpha value is -6.36. The summed E-state index contributed by atoms with van der Waals surface area (Å²) in [6, 6.07) is 33.2. The van der Waals surface area contributed by atoms with Crippen LogP contribution in [-0.2, 0) is 0 Å². The van der Waals surface area contributed by atoms with Crippen LogP contribution in [0.3, 0.4) is 0 Å². The molecule has 0 spiro atoms. The van der Waals surface area contributed by atoms with E-state index in [-0.39, 0.29) is 0 Å². The third-order valence-electron chi connectivity index (χ3n) is 6.75. The summed E-state index contributed by atoms with van der Waals surface area (Å²) in [5.74, 6) is 0. The van der Waals surface area contributed by atoms with Crippen molar-refractivity contribution >= 4 is 34.1 Å². The second-order valence-corrected chi connectivity index (χ2v) is 9.32. The molecule has 0 unspecified atom stereocenters. The summed E-state index contributed by atoms with van der Waals surface area (Å²) in [5.41, 5.74) is 5.82. The minimum atomic E-state index is 0.309. The maximum Gasteiger partial charge on any atom is 0.104 e. The van der Waals surface area contributed by atoms with E-state index in [1.54, 1.807) is 24.3 Å². The second kappa shape index (κ2) is 12.7. The number of hydrogen-bond acceptors (Lipinski definition) is 10. The van der Waals surface area contributed by atoms with Gasteiger partial charge in [-0.2, -0.15) is 31.3 Å². The van der Waals surface area contributed by atoms with E-state index in [1.165, 1.54) is 12.1 Å². The highest BCUT2D eigenvalue weighted by atomic mass is 15.3. The molecule has 10 nitrogen and oxygen atoms in total. The summed E-state index contributed by atoms with van der Waals surface area (Å²) in [5, 5.41) is 53.5. The van der Waals surface area contributed by atoms with Crippen molar-refractivity contribution in [2.45, 2.75) is 0 Å². The molecule has 1 aliphatic heterocycles. The molecular weight excluding hydrogens is 524 g/mol. The van der Waals surface area contributed by atoms with Crippen LogP contribution in [0.2, 0.25) is 0 Å². The highest BCUT2D eigenvalue weighted by molar-refractivity contribution is 5.60. The van der Waals surface area contributed by atoms with Crippen LogP contribution in [0.4, 0.5) is 34.1 Å². The third-order valence-corrected chi connectivity index (χ3v) is 6.75. The first-order chi connectivity index (χ1) is 20.6. The Bertz CT molecular complexity index is 1680. The van der Waals surface area contributed by atoms with Gasteiger partial charge in [0.25, 0.3) is 0 Å². The smallest absolute Gasteiger partial charge is 0.104 e. The van der Waals surface area contributed by atoms with Crippen molar-refractivity contribution in [2.24, 2.45) is 20.5 Å². The van der Waals surface area contributed by atoms with Crippen LogP contribution in [0.1, 0.15) is 22.3 Å². The number of azo groups is 2. The van der Waals surface area contributed by atoms with E-state index in [0.29, 0.717) is 45.0 Å².